The average Bonchev–Trinajstić information content (AvgIpc) is 3.44. The van der Waals surface area contributed by atoms with Gasteiger partial charge in [0.1, 0.15) is 23.4 Å². The summed E-state index contributed by atoms with van der Waals surface area (Å²) in [6, 6.07) is 7.69. The van der Waals surface area contributed by atoms with Gasteiger partial charge in [0.05, 0.1) is 32.0 Å². The third kappa shape index (κ3) is 4.24. The van der Waals surface area contributed by atoms with Gasteiger partial charge in [0.25, 0.3) is 0 Å². The van der Waals surface area contributed by atoms with Gasteiger partial charge >= 0.3 is 0 Å². The first kappa shape index (κ1) is 25.2. The Balaban J connectivity index is 1.67. The number of phenols is 1. The maximum Gasteiger partial charge on any atom is 0.164 e. The van der Waals surface area contributed by atoms with Crippen molar-refractivity contribution in [2.24, 2.45) is 22.0 Å². The van der Waals surface area contributed by atoms with Gasteiger partial charge in [-0.1, -0.05) is 20.4 Å². The Morgan fingerprint density at radius 3 is 2.54 bits per heavy atom. The van der Waals surface area contributed by atoms with Gasteiger partial charge in [-0.05, 0) is 56.4 Å². The van der Waals surface area contributed by atoms with Gasteiger partial charge in [-0.15, -0.1) is 0 Å². The molecule has 37 heavy (non-hydrogen) atoms. The molecule has 196 valence electrons. The molecule has 0 amide bonds. The molecule has 0 radical (unpaired) electrons. The number of phenolic OH excluding ortho intramolecular Hbond substituents is 1. The SMILES string of the molecule is C=C(C)[C@H]1Cc2c(ccc(/C(=N/N=C(\C)CC(C)C)C34CC3COc3cc(OC)c(OC)cc34)c2O)O1. The van der Waals surface area contributed by atoms with E-state index in [-0.39, 0.29) is 17.8 Å². The monoisotopic (exact) mass is 504 g/mol. The molecule has 2 aromatic rings. The summed E-state index contributed by atoms with van der Waals surface area (Å²) < 4.78 is 23.3. The number of hydrogen-bond acceptors (Lipinski definition) is 7. The summed E-state index contributed by atoms with van der Waals surface area (Å²) in [5, 5.41) is 21.1. The summed E-state index contributed by atoms with van der Waals surface area (Å²) in [7, 11) is 3.24. The molecule has 1 fully saturated rings. The van der Waals surface area contributed by atoms with E-state index in [2.05, 4.69) is 25.5 Å². The van der Waals surface area contributed by atoms with E-state index in [1.807, 2.05) is 38.1 Å². The number of rotatable bonds is 8. The Bertz CT molecular complexity index is 1310. The van der Waals surface area contributed by atoms with Crippen LogP contribution in [0, 0.1) is 11.8 Å². The zero-order valence-electron chi connectivity index (χ0n) is 22.6. The molecule has 3 aliphatic rings. The normalized spacial score (nSPS) is 24.0. The van der Waals surface area contributed by atoms with Crippen molar-refractivity contribution >= 4 is 11.4 Å². The molecule has 1 aliphatic carbocycles. The van der Waals surface area contributed by atoms with Crippen LogP contribution in [0.15, 0.2) is 46.6 Å². The van der Waals surface area contributed by atoms with E-state index in [4.69, 9.17) is 24.0 Å². The van der Waals surface area contributed by atoms with E-state index in [0.717, 1.165) is 46.7 Å². The zero-order chi connectivity index (χ0) is 26.5. The van der Waals surface area contributed by atoms with Crippen LogP contribution < -0.4 is 18.9 Å². The lowest BCUT2D eigenvalue weighted by atomic mass is 9.81. The maximum atomic E-state index is 11.6. The Labute approximate surface area is 218 Å². The van der Waals surface area contributed by atoms with Crippen molar-refractivity contribution in [2.45, 2.75) is 58.5 Å². The van der Waals surface area contributed by atoms with Crippen LogP contribution >= 0.6 is 0 Å². The maximum absolute atomic E-state index is 11.6. The second-order valence-corrected chi connectivity index (χ2v) is 10.9. The fourth-order valence-electron chi connectivity index (χ4n) is 5.72. The number of ether oxygens (including phenoxy) is 4. The molecule has 2 aliphatic heterocycles. The minimum absolute atomic E-state index is 0.143. The lowest BCUT2D eigenvalue weighted by Crippen LogP contribution is -2.30. The molecule has 0 spiro atoms. The van der Waals surface area contributed by atoms with Crippen molar-refractivity contribution in [2.75, 3.05) is 20.8 Å². The van der Waals surface area contributed by atoms with E-state index in [1.165, 1.54) is 0 Å². The number of aromatic hydroxyl groups is 1. The molecule has 3 atom stereocenters. The van der Waals surface area contributed by atoms with E-state index in [9.17, 15) is 5.11 Å². The molecular formula is C30H36N2O5. The van der Waals surface area contributed by atoms with Crippen LogP contribution in [0.25, 0.3) is 0 Å². The fourth-order valence-corrected chi connectivity index (χ4v) is 5.72. The summed E-state index contributed by atoms with van der Waals surface area (Å²) in [4.78, 5) is 0. The Morgan fingerprint density at radius 2 is 1.86 bits per heavy atom. The minimum atomic E-state index is -0.451. The number of nitrogens with zero attached hydrogens (tertiary/aromatic N) is 2. The smallest absolute Gasteiger partial charge is 0.164 e. The topological polar surface area (TPSA) is 81.9 Å². The van der Waals surface area contributed by atoms with Crippen molar-refractivity contribution < 1.29 is 24.1 Å². The van der Waals surface area contributed by atoms with E-state index in [0.29, 0.717) is 41.8 Å². The van der Waals surface area contributed by atoms with Gasteiger partial charge in [-0.25, -0.2) is 0 Å². The third-order valence-corrected chi connectivity index (χ3v) is 7.66. The summed E-state index contributed by atoms with van der Waals surface area (Å²) in [6.45, 7) is 12.9. The third-order valence-electron chi connectivity index (χ3n) is 7.66. The van der Waals surface area contributed by atoms with Gasteiger partial charge in [-0.2, -0.15) is 10.2 Å². The summed E-state index contributed by atoms with van der Waals surface area (Å²) in [5.41, 5.74) is 4.62. The van der Waals surface area contributed by atoms with Crippen LogP contribution in [0.2, 0.25) is 0 Å². The predicted molar refractivity (Wildman–Crippen MR) is 145 cm³/mol. The molecule has 2 unspecified atom stereocenters. The largest absolute Gasteiger partial charge is 0.507 e. The van der Waals surface area contributed by atoms with Crippen molar-refractivity contribution in [3.05, 3.63) is 53.1 Å². The van der Waals surface area contributed by atoms with Crippen LogP contribution in [0.4, 0.5) is 0 Å². The highest BCUT2D eigenvalue weighted by molar-refractivity contribution is 6.13. The molecule has 5 rings (SSSR count). The summed E-state index contributed by atoms with van der Waals surface area (Å²) in [6.07, 6.45) is 2.13. The Morgan fingerprint density at radius 1 is 1.14 bits per heavy atom. The van der Waals surface area contributed by atoms with Gasteiger partial charge in [0.2, 0.25) is 0 Å². The molecule has 1 saturated carbocycles. The van der Waals surface area contributed by atoms with Gasteiger partial charge in [0, 0.05) is 40.8 Å². The number of benzene rings is 2. The van der Waals surface area contributed by atoms with Crippen molar-refractivity contribution in [3.63, 3.8) is 0 Å². The molecule has 2 heterocycles. The molecule has 0 saturated heterocycles. The molecule has 0 bridgehead atoms. The molecule has 7 heteroatoms. The molecule has 1 N–H and O–H groups in total. The minimum Gasteiger partial charge on any atom is -0.507 e. The van der Waals surface area contributed by atoms with Crippen molar-refractivity contribution in [1.82, 2.24) is 0 Å². The zero-order valence-corrected chi connectivity index (χ0v) is 22.6. The van der Waals surface area contributed by atoms with Crippen molar-refractivity contribution in [1.29, 1.82) is 0 Å². The van der Waals surface area contributed by atoms with Crippen LogP contribution in [-0.4, -0.2) is 43.5 Å². The first-order valence-electron chi connectivity index (χ1n) is 12.9. The van der Waals surface area contributed by atoms with E-state index < -0.39 is 5.41 Å². The van der Waals surface area contributed by atoms with Crippen LogP contribution in [0.5, 0.6) is 28.7 Å². The molecule has 2 aromatic carbocycles. The first-order valence-corrected chi connectivity index (χ1v) is 12.9. The number of fused-ring (bicyclic) bond motifs is 4. The standard InChI is InChI=1S/C30H36N2O5/c1-16(2)10-18(5)31-32-29(20-8-9-23-21(28(20)33)11-24(37-23)17(3)4)30-14-19(30)15-36-25-13-27(35-7)26(34-6)12-22(25)30/h8-9,12-13,16,19,24,33H,3,10-11,14-15H2,1-2,4-7H3/b31-18+,32-29-/t19?,24-,30?/m1/s1. The highest BCUT2D eigenvalue weighted by atomic mass is 16.5. The first-order chi connectivity index (χ1) is 17.7. The highest BCUT2D eigenvalue weighted by Crippen LogP contribution is 2.63. The number of methoxy groups -OCH3 is 2. The average molecular weight is 505 g/mol. The lowest BCUT2D eigenvalue weighted by molar-refractivity contribution is 0.267. The highest BCUT2D eigenvalue weighted by Gasteiger charge is 2.63. The molecule has 0 aromatic heterocycles. The number of hydrogen-bond donors (Lipinski definition) is 1. The molecular weight excluding hydrogens is 468 g/mol. The predicted octanol–water partition coefficient (Wildman–Crippen LogP) is 5.85. The van der Waals surface area contributed by atoms with E-state index in [1.54, 1.807) is 14.2 Å². The second kappa shape index (κ2) is 9.43. The van der Waals surface area contributed by atoms with E-state index >= 15 is 0 Å². The quantitative estimate of drug-likeness (QED) is 0.277. The van der Waals surface area contributed by atoms with Crippen LogP contribution in [0.1, 0.15) is 57.2 Å². The summed E-state index contributed by atoms with van der Waals surface area (Å²) >= 11 is 0. The van der Waals surface area contributed by atoms with Gasteiger partial charge in [0.15, 0.2) is 11.5 Å². The Kier molecular flexibility index (Phi) is 6.42. The van der Waals surface area contributed by atoms with Gasteiger partial charge in [-0.3, -0.25) is 0 Å². The van der Waals surface area contributed by atoms with Crippen LogP contribution in [0.3, 0.4) is 0 Å². The Hall–Kier alpha value is -3.48. The van der Waals surface area contributed by atoms with Crippen molar-refractivity contribution in [3.8, 4) is 28.7 Å². The van der Waals surface area contributed by atoms with Crippen LogP contribution in [-0.2, 0) is 11.8 Å². The fraction of sp³-hybridized carbons (Fsp3) is 0.467. The summed E-state index contributed by atoms with van der Waals surface area (Å²) in [5.74, 6) is 3.56. The second-order valence-electron chi connectivity index (χ2n) is 10.9. The van der Waals surface area contributed by atoms with Gasteiger partial charge < -0.3 is 24.1 Å². The lowest BCUT2D eigenvalue weighted by Gasteiger charge is -2.29. The molecule has 7 nitrogen and oxygen atoms in total.